The molecule has 1 rings (SSSR count). The second-order valence-corrected chi connectivity index (χ2v) is 6.16. The maximum Gasteiger partial charge on any atom is 0.402 e. The van der Waals surface area contributed by atoms with E-state index in [0.717, 1.165) is 12.3 Å². The van der Waals surface area contributed by atoms with Gasteiger partial charge in [-0.05, 0) is 18.6 Å². The fraction of sp³-hybridized carbons (Fsp3) is 0.545. The van der Waals surface area contributed by atoms with E-state index in [2.05, 4.69) is 4.98 Å². The average molecular weight is 311 g/mol. The van der Waals surface area contributed by atoms with Crippen LogP contribution in [0.25, 0.3) is 0 Å². The third-order valence-electron chi connectivity index (χ3n) is 2.51. The number of sulfonamides is 1. The third-order valence-corrected chi connectivity index (χ3v) is 4.34. The van der Waals surface area contributed by atoms with Crippen LogP contribution in [-0.2, 0) is 10.0 Å². The number of alkyl halides is 3. The first-order chi connectivity index (χ1) is 9.16. The van der Waals surface area contributed by atoms with Gasteiger partial charge in [-0.3, -0.25) is 0 Å². The Balaban J connectivity index is 3.06. The number of unbranched alkanes of at least 4 members (excludes halogenated alkanes) is 1. The maximum atomic E-state index is 12.5. The second-order valence-electron chi connectivity index (χ2n) is 4.23. The van der Waals surface area contributed by atoms with Crippen molar-refractivity contribution in [3.05, 3.63) is 18.3 Å². The Morgan fingerprint density at radius 2 is 2.00 bits per heavy atom. The Labute approximate surface area is 115 Å². The highest BCUT2D eigenvalue weighted by Gasteiger charge is 2.36. The molecule has 0 atom stereocenters. The summed E-state index contributed by atoms with van der Waals surface area (Å²) in [6.07, 6.45) is -2.70. The summed E-state index contributed by atoms with van der Waals surface area (Å²) in [6, 6.07) is 2.38. The van der Waals surface area contributed by atoms with Crippen LogP contribution < -0.4 is 5.73 Å². The van der Waals surface area contributed by atoms with E-state index < -0.39 is 22.7 Å². The molecule has 0 aliphatic rings. The standard InChI is InChI=1S/C11H16F3N3O2S/c1-2-3-6-17(8-11(12,13)14)20(18,19)9-4-5-10(15)16-7-9/h4-5,7H,2-3,6,8H2,1H3,(H2,15,16). The van der Waals surface area contributed by atoms with Crippen molar-refractivity contribution in [3.63, 3.8) is 0 Å². The molecule has 114 valence electrons. The predicted octanol–water partition coefficient (Wildman–Crippen LogP) is 2.02. The fourth-order valence-corrected chi connectivity index (χ4v) is 2.92. The van der Waals surface area contributed by atoms with Gasteiger partial charge in [-0.15, -0.1) is 0 Å². The molecule has 1 aromatic heterocycles. The lowest BCUT2D eigenvalue weighted by atomic mass is 10.3. The Morgan fingerprint density at radius 1 is 1.35 bits per heavy atom. The van der Waals surface area contributed by atoms with Crippen molar-refractivity contribution >= 4 is 15.8 Å². The van der Waals surface area contributed by atoms with Gasteiger partial charge in [-0.1, -0.05) is 13.3 Å². The number of hydrogen-bond donors (Lipinski definition) is 1. The van der Waals surface area contributed by atoms with Crippen molar-refractivity contribution in [1.82, 2.24) is 9.29 Å². The molecule has 9 heteroatoms. The quantitative estimate of drug-likeness (QED) is 0.872. The van der Waals surface area contributed by atoms with Gasteiger partial charge < -0.3 is 5.73 Å². The molecule has 1 aromatic rings. The number of hydrogen-bond acceptors (Lipinski definition) is 4. The monoisotopic (exact) mass is 311 g/mol. The van der Waals surface area contributed by atoms with Gasteiger partial charge >= 0.3 is 6.18 Å². The number of rotatable bonds is 6. The molecule has 1 heterocycles. The smallest absolute Gasteiger partial charge is 0.384 e. The largest absolute Gasteiger partial charge is 0.402 e. The molecule has 5 nitrogen and oxygen atoms in total. The predicted molar refractivity (Wildman–Crippen MR) is 68.4 cm³/mol. The zero-order chi connectivity index (χ0) is 15.4. The number of aromatic nitrogens is 1. The summed E-state index contributed by atoms with van der Waals surface area (Å²) in [6.45, 7) is 0.0611. The number of pyridine rings is 1. The first-order valence-corrected chi connectivity index (χ1v) is 7.39. The zero-order valence-corrected chi connectivity index (χ0v) is 11.7. The number of nitrogens with zero attached hydrogens (tertiary/aromatic N) is 2. The summed E-state index contributed by atoms with van der Waals surface area (Å²) in [4.78, 5) is 3.30. The third kappa shape index (κ3) is 4.64. The topological polar surface area (TPSA) is 76.3 Å². The lowest BCUT2D eigenvalue weighted by Gasteiger charge is -2.23. The van der Waals surface area contributed by atoms with Gasteiger partial charge in [-0.2, -0.15) is 17.5 Å². The number of nitrogens with two attached hydrogens (primary N) is 1. The summed E-state index contributed by atoms with van der Waals surface area (Å²) in [7, 11) is -4.23. The van der Waals surface area contributed by atoms with Gasteiger partial charge in [0.05, 0.1) is 0 Å². The minimum atomic E-state index is -4.60. The van der Waals surface area contributed by atoms with E-state index in [1.165, 1.54) is 6.07 Å². The van der Waals surface area contributed by atoms with E-state index in [4.69, 9.17) is 5.73 Å². The van der Waals surface area contributed by atoms with Gasteiger partial charge in [0.1, 0.15) is 17.3 Å². The molecule has 20 heavy (non-hydrogen) atoms. The van der Waals surface area contributed by atoms with Crippen molar-refractivity contribution in [2.75, 3.05) is 18.8 Å². The Kier molecular flexibility index (Phi) is 5.35. The molecule has 0 radical (unpaired) electrons. The highest BCUT2D eigenvalue weighted by molar-refractivity contribution is 7.89. The van der Waals surface area contributed by atoms with Gasteiger partial charge in [0.25, 0.3) is 0 Å². The summed E-state index contributed by atoms with van der Waals surface area (Å²) in [5, 5.41) is 0. The van der Waals surface area contributed by atoms with Crippen molar-refractivity contribution in [3.8, 4) is 0 Å². The van der Waals surface area contributed by atoms with Gasteiger partial charge in [0, 0.05) is 12.7 Å². The summed E-state index contributed by atoms with van der Waals surface area (Å²) >= 11 is 0. The van der Waals surface area contributed by atoms with E-state index in [1.54, 1.807) is 6.92 Å². The summed E-state index contributed by atoms with van der Waals surface area (Å²) in [5.74, 6) is 0.0971. The first kappa shape index (κ1) is 16.7. The second kappa shape index (κ2) is 6.40. The molecule has 0 bridgehead atoms. The lowest BCUT2D eigenvalue weighted by molar-refractivity contribution is -0.136. The van der Waals surface area contributed by atoms with Crippen LogP contribution in [0.4, 0.5) is 19.0 Å². The maximum absolute atomic E-state index is 12.5. The van der Waals surface area contributed by atoms with Crippen molar-refractivity contribution in [1.29, 1.82) is 0 Å². The molecule has 0 aromatic carbocycles. The average Bonchev–Trinajstić information content (AvgIpc) is 2.33. The van der Waals surface area contributed by atoms with Crippen molar-refractivity contribution < 1.29 is 21.6 Å². The molecule has 2 N–H and O–H groups in total. The Bertz CT molecular complexity index is 529. The van der Waals surface area contributed by atoms with E-state index in [0.29, 0.717) is 17.1 Å². The highest BCUT2D eigenvalue weighted by atomic mass is 32.2. The molecule has 0 saturated heterocycles. The van der Waals surface area contributed by atoms with E-state index in [1.807, 2.05) is 0 Å². The summed E-state index contributed by atoms with van der Waals surface area (Å²) < 4.78 is 62.3. The minimum Gasteiger partial charge on any atom is -0.384 e. The van der Waals surface area contributed by atoms with Crippen molar-refractivity contribution in [2.45, 2.75) is 30.8 Å². The van der Waals surface area contributed by atoms with Crippen LogP contribution in [0.2, 0.25) is 0 Å². The van der Waals surface area contributed by atoms with E-state index in [9.17, 15) is 21.6 Å². The van der Waals surface area contributed by atoms with Crippen LogP contribution in [0.1, 0.15) is 19.8 Å². The van der Waals surface area contributed by atoms with Gasteiger partial charge in [0.2, 0.25) is 10.0 Å². The van der Waals surface area contributed by atoms with Gasteiger partial charge in [-0.25, -0.2) is 13.4 Å². The number of halogens is 3. The van der Waals surface area contributed by atoms with Gasteiger partial charge in [0.15, 0.2) is 0 Å². The van der Waals surface area contributed by atoms with E-state index in [-0.39, 0.29) is 17.3 Å². The molecule has 0 unspecified atom stereocenters. The molecule has 0 spiro atoms. The molecule has 0 aliphatic heterocycles. The Hall–Kier alpha value is -1.35. The molecule has 0 saturated carbocycles. The number of nitrogen functional groups attached to an aromatic ring is 1. The van der Waals surface area contributed by atoms with Crippen LogP contribution in [0.3, 0.4) is 0 Å². The summed E-state index contributed by atoms with van der Waals surface area (Å²) in [5.41, 5.74) is 5.33. The van der Waals surface area contributed by atoms with Crippen LogP contribution in [0, 0.1) is 0 Å². The van der Waals surface area contributed by atoms with Crippen LogP contribution >= 0.6 is 0 Å². The van der Waals surface area contributed by atoms with Crippen molar-refractivity contribution in [2.24, 2.45) is 0 Å². The normalized spacial score (nSPS) is 12.8. The van der Waals surface area contributed by atoms with E-state index >= 15 is 0 Å². The fourth-order valence-electron chi connectivity index (χ4n) is 1.51. The first-order valence-electron chi connectivity index (χ1n) is 5.95. The van der Waals surface area contributed by atoms with Crippen LogP contribution in [-0.4, -0.2) is 37.0 Å². The zero-order valence-electron chi connectivity index (χ0n) is 10.9. The van der Waals surface area contributed by atoms with Crippen LogP contribution in [0.5, 0.6) is 0 Å². The van der Waals surface area contributed by atoms with Crippen LogP contribution in [0.15, 0.2) is 23.2 Å². The minimum absolute atomic E-state index is 0.0971. The molecule has 0 amide bonds. The highest BCUT2D eigenvalue weighted by Crippen LogP contribution is 2.23. The lowest BCUT2D eigenvalue weighted by Crippen LogP contribution is -2.39. The molecular formula is C11H16F3N3O2S. The Morgan fingerprint density at radius 3 is 2.45 bits per heavy atom. The molecular weight excluding hydrogens is 295 g/mol. The number of anilines is 1. The SMILES string of the molecule is CCCCN(CC(F)(F)F)S(=O)(=O)c1ccc(N)nc1. The molecule has 0 fully saturated rings. The molecule has 0 aliphatic carbocycles.